The van der Waals surface area contributed by atoms with Gasteiger partial charge in [0.1, 0.15) is 6.04 Å². The first kappa shape index (κ1) is 11.2. The molecule has 1 saturated heterocycles. The van der Waals surface area contributed by atoms with Gasteiger partial charge in [-0.3, -0.25) is 14.7 Å². The third-order valence-electron chi connectivity index (χ3n) is 3.33. The maximum absolute atomic E-state index is 12.2. The summed E-state index contributed by atoms with van der Waals surface area (Å²) in [4.78, 5) is 18.7. The predicted octanol–water partition coefficient (Wildman–Crippen LogP) is 1.69. The highest BCUT2D eigenvalue weighted by Gasteiger charge is 2.36. The number of benzene rings is 1. The van der Waals surface area contributed by atoms with Crippen LogP contribution in [0.1, 0.15) is 5.56 Å². The summed E-state index contributed by atoms with van der Waals surface area (Å²) in [5.74, 6) is 0.0911. The van der Waals surface area contributed by atoms with Crippen molar-refractivity contribution in [2.24, 2.45) is 4.99 Å². The molecular weight excluding hydrogens is 228 g/mol. The quantitative estimate of drug-likeness (QED) is 0.556. The Kier molecular flexibility index (Phi) is 2.72. The number of hydrogen-bond donors (Lipinski definition) is 0. The molecule has 0 N–H and O–H groups in total. The molecule has 0 aromatic heterocycles. The molecule has 18 heavy (non-hydrogen) atoms. The van der Waals surface area contributed by atoms with E-state index in [0.29, 0.717) is 12.1 Å². The Labute approximate surface area is 106 Å². The number of ketones is 1. The van der Waals surface area contributed by atoms with Crippen LogP contribution < -0.4 is 0 Å². The van der Waals surface area contributed by atoms with Crippen molar-refractivity contribution < 1.29 is 9.53 Å². The van der Waals surface area contributed by atoms with Crippen molar-refractivity contribution in [3.63, 3.8) is 0 Å². The van der Waals surface area contributed by atoms with Crippen molar-refractivity contribution >= 4 is 17.7 Å². The molecule has 0 aliphatic carbocycles. The largest absolute Gasteiger partial charge is 0.504 e. The highest BCUT2D eigenvalue weighted by atomic mass is 16.5. The number of para-hydroxylation sites is 1. The molecule has 0 spiro atoms. The zero-order valence-electron chi connectivity index (χ0n) is 10.2. The average Bonchev–Trinajstić information content (AvgIpc) is 2.58. The van der Waals surface area contributed by atoms with Crippen molar-refractivity contribution in [3.05, 3.63) is 41.7 Å². The van der Waals surface area contributed by atoms with E-state index in [-0.39, 0.29) is 11.8 Å². The monoisotopic (exact) mass is 242 g/mol. The van der Waals surface area contributed by atoms with Crippen LogP contribution in [0.15, 0.2) is 41.1 Å². The molecule has 4 heteroatoms. The fourth-order valence-corrected chi connectivity index (χ4v) is 2.44. The minimum absolute atomic E-state index is 0.0911. The summed E-state index contributed by atoms with van der Waals surface area (Å²) in [6.07, 6.45) is 3.28. The van der Waals surface area contributed by atoms with Crippen LogP contribution in [-0.4, -0.2) is 36.6 Å². The van der Waals surface area contributed by atoms with Crippen LogP contribution in [0.5, 0.6) is 0 Å². The second-order valence-electron chi connectivity index (χ2n) is 4.50. The minimum Gasteiger partial charge on any atom is -0.504 e. The summed E-state index contributed by atoms with van der Waals surface area (Å²) in [5, 5.41) is 0. The van der Waals surface area contributed by atoms with Crippen molar-refractivity contribution in [2.75, 3.05) is 13.7 Å². The highest BCUT2D eigenvalue weighted by Crippen LogP contribution is 2.28. The average molecular weight is 242 g/mol. The molecule has 2 aliphatic heterocycles. The number of hydrogen-bond acceptors (Lipinski definition) is 4. The molecule has 1 fully saturated rings. The highest BCUT2D eigenvalue weighted by molar-refractivity contribution is 6.11. The Morgan fingerprint density at radius 1 is 1.39 bits per heavy atom. The summed E-state index contributed by atoms with van der Waals surface area (Å²) >= 11 is 0. The zero-order valence-corrected chi connectivity index (χ0v) is 10.2. The van der Waals surface area contributed by atoms with Gasteiger partial charge in [-0.25, -0.2) is 0 Å². The summed E-state index contributed by atoms with van der Waals surface area (Å²) in [7, 11) is 1.56. The van der Waals surface area contributed by atoms with Crippen LogP contribution in [0.25, 0.3) is 0 Å². The smallest absolute Gasteiger partial charge is 0.185 e. The molecular formula is C14H14N2O2. The number of nitrogens with zero attached hydrogens (tertiary/aromatic N) is 2. The lowest BCUT2D eigenvalue weighted by molar-refractivity contribution is -0.115. The Morgan fingerprint density at radius 2 is 2.22 bits per heavy atom. The number of fused-ring (bicyclic) bond motifs is 2. The van der Waals surface area contributed by atoms with E-state index in [0.717, 1.165) is 17.8 Å². The van der Waals surface area contributed by atoms with Gasteiger partial charge in [0.15, 0.2) is 5.78 Å². The molecule has 0 radical (unpaired) electrons. The lowest BCUT2D eigenvalue weighted by Gasteiger charge is -2.17. The molecule has 1 atom stereocenters. The fourth-order valence-electron chi connectivity index (χ4n) is 2.44. The summed E-state index contributed by atoms with van der Waals surface area (Å²) in [6, 6.07) is 7.74. The van der Waals surface area contributed by atoms with Crippen LogP contribution in [-0.2, 0) is 16.1 Å². The van der Waals surface area contributed by atoms with Crippen LogP contribution >= 0.6 is 0 Å². The molecule has 3 rings (SSSR count). The first-order valence-corrected chi connectivity index (χ1v) is 5.92. The minimum atomic E-state index is -0.251. The number of methoxy groups -OCH3 is 1. The van der Waals surface area contributed by atoms with Crippen LogP contribution in [0.4, 0.5) is 5.69 Å². The first-order valence-electron chi connectivity index (χ1n) is 5.92. The van der Waals surface area contributed by atoms with Gasteiger partial charge in [0, 0.05) is 24.9 Å². The van der Waals surface area contributed by atoms with E-state index >= 15 is 0 Å². The summed E-state index contributed by atoms with van der Waals surface area (Å²) < 4.78 is 4.95. The normalized spacial score (nSPS) is 24.8. The van der Waals surface area contributed by atoms with Crippen LogP contribution in [0, 0.1) is 0 Å². The number of Topliss-reactive ketones (excluding diaryl/α,β-unsaturated/α-hetero) is 1. The molecule has 4 nitrogen and oxygen atoms in total. The van der Waals surface area contributed by atoms with Gasteiger partial charge in [0.25, 0.3) is 0 Å². The van der Waals surface area contributed by atoms with Crippen LogP contribution in [0.3, 0.4) is 0 Å². The van der Waals surface area contributed by atoms with E-state index in [1.54, 1.807) is 13.3 Å². The number of ether oxygens (including phenoxy) is 1. The molecule has 1 aromatic rings. The fraction of sp³-hybridized carbons (Fsp3) is 0.286. The van der Waals surface area contributed by atoms with Gasteiger partial charge in [-0.05, 0) is 11.6 Å². The Bertz CT molecular complexity index is 548. The molecule has 0 bridgehead atoms. The van der Waals surface area contributed by atoms with Crippen molar-refractivity contribution in [3.8, 4) is 0 Å². The molecule has 92 valence electrons. The van der Waals surface area contributed by atoms with E-state index in [9.17, 15) is 4.79 Å². The third kappa shape index (κ3) is 1.75. The van der Waals surface area contributed by atoms with Crippen molar-refractivity contribution in [2.45, 2.75) is 12.6 Å². The van der Waals surface area contributed by atoms with Crippen molar-refractivity contribution in [1.82, 2.24) is 4.90 Å². The second kappa shape index (κ2) is 4.38. The van der Waals surface area contributed by atoms with Gasteiger partial charge < -0.3 is 4.74 Å². The third-order valence-corrected chi connectivity index (χ3v) is 3.33. The van der Waals surface area contributed by atoms with E-state index in [1.165, 1.54) is 6.26 Å². The Hall–Kier alpha value is -1.94. The second-order valence-corrected chi connectivity index (χ2v) is 4.50. The number of rotatable bonds is 1. The van der Waals surface area contributed by atoms with Gasteiger partial charge in [0.2, 0.25) is 0 Å². The molecule has 1 aromatic carbocycles. The lowest BCUT2D eigenvalue weighted by atomic mass is 10.1. The van der Waals surface area contributed by atoms with Crippen LogP contribution in [0.2, 0.25) is 0 Å². The number of aliphatic imine (C=N–C) groups is 1. The van der Waals surface area contributed by atoms with Gasteiger partial charge in [-0.1, -0.05) is 18.2 Å². The summed E-state index contributed by atoms with van der Waals surface area (Å²) in [5.41, 5.74) is 2.83. The zero-order chi connectivity index (χ0) is 12.5. The van der Waals surface area contributed by atoms with Crippen molar-refractivity contribution in [1.29, 1.82) is 0 Å². The first-order chi connectivity index (χ1) is 8.79. The molecule has 2 aliphatic rings. The molecule has 2 heterocycles. The lowest BCUT2D eigenvalue weighted by Crippen LogP contribution is -2.32. The van der Waals surface area contributed by atoms with E-state index in [1.807, 2.05) is 18.2 Å². The Morgan fingerprint density at radius 3 is 3.06 bits per heavy atom. The number of carbonyl (C=O) groups excluding carboxylic acids is 1. The van der Waals surface area contributed by atoms with E-state index in [4.69, 9.17) is 4.74 Å². The summed E-state index contributed by atoms with van der Waals surface area (Å²) in [6.45, 7) is 1.37. The molecule has 0 saturated carbocycles. The topological polar surface area (TPSA) is 41.9 Å². The maximum Gasteiger partial charge on any atom is 0.185 e. The van der Waals surface area contributed by atoms with E-state index in [2.05, 4.69) is 16.0 Å². The van der Waals surface area contributed by atoms with Gasteiger partial charge in [-0.2, -0.15) is 0 Å². The number of carbonyl (C=O) groups is 1. The maximum atomic E-state index is 12.2. The molecule has 0 amide bonds. The SMILES string of the molecule is COC=C1CN2Cc3ccccc3N=C[C@H]2C1=O. The Balaban J connectivity index is 1.95. The van der Waals surface area contributed by atoms with Gasteiger partial charge >= 0.3 is 0 Å². The predicted molar refractivity (Wildman–Crippen MR) is 68.9 cm³/mol. The standard InChI is InChI=1S/C14H14N2O2/c1-18-9-11-8-16-7-10-4-2-3-5-12(10)15-6-13(16)14(11)17/h2-6,9,13H,7-8H2,1H3/t13-/m0/s1. The van der Waals surface area contributed by atoms with Gasteiger partial charge in [0.05, 0.1) is 19.1 Å². The van der Waals surface area contributed by atoms with E-state index < -0.39 is 0 Å². The van der Waals surface area contributed by atoms with Gasteiger partial charge in [-0.15, -0.1) is 0 Å². The molecule has 0 unspecified atom stereocenters.